The van der Waals surface area contributed by atoms with E-state index in [0.29, 0.717) is 60.3 Å². The largest absolute Gasteiger partial charge is 0.475 e. The van der Waals surface area contributed by atoms with Gasteiger partial charge in [0, 0.05) is 37.7 Å². The highest BCUT2D eigenvalue weighted by molar-refractivity contribution is 6.02. The van der Waals surface area contributed by atoms with Gasteiger partial charge in [0.25, 0.3) is 0 Å². The van der Waals surface area contributed by atoms with Crippen molar-refractivity contribution >= 4 is 27.5 Å². The van der Waals surface area contributed by atoms with Crippen LogP contribution in [0, 0.1) is 11.6 Å². The molecule has 0 spiro atoms. The van der Waals surface area contributed by atoms with Crippen molar-refractivity contribution in [2.75, 3.05) is 44.3 Å². The minimum absolute atomic E-state index is 0.0423. The van der Waals surface area contributed by atoms with Crippen molar-refractivity contribution < 1.29 is 22.6 Å². The lowest BCUT2D eigenvalue weighted by Crippen LogP contribution is -2.60. The summed E-state index contributed by atoms with van der Waals surface area (Å²) >= 11 is 0. The lowest BCUT2D eigenvalue weighted by molar-refractivity contribution is 0.107. The van der Waals surface area contributed by atoms with Crippen LogP contribution in [0.4, 0.5) is 19.0 Å². The molecule has 3 saturated heterocycles. The maximum Gasteiger partial charge on any atom is 0.319 e. The van der Waals surface area contributed by atoms with Crippen LogP contribution in [-0.2, 0) is 6.42 Å². The minimum atomic E-state index is -0.895. The number of fused-ring (bicyclic) bond motifs is 4. The first-order valence-electron chi connectivity index (χ1n) is 16.2. The minimum Gasteiger partial charge on any atom is -0.475 e. The fourth-order valence-electron chi connectivity index (χ4n) is 8.22. The Hall–Kier alpha value is -3.70. The predicted octanol–water partition coefficient (Wildman–Crippen LogP) is 5.59. The molecule has 0 bridgehead atoms. The van der Waals surface area contributed by atoms with E-state index in [-0.39, 0.29) is 47.6 Å². The molecule has 0 saturated carbocycles. The van der Waals surface area contributed by atoms with Gasteiger partial charge in [0.05, 0.1) is 11.6 Å². The number of anilines is 1. The van der Waals surface area contributed by atoms with Crippen molar-refractivity contribution in [1.82, 2.24) is 25.2 Å². The summed E-state index contributed by atoms with van der Waals surface area (Å²) in [7, 11) is 0. The number of alkyl halides is 1. The van der Waals surface area contributed by atoms with E-state index in [1.807, 2.05) is 19.1 Å². The van der Waals surface area contributed by atoms with Gasteiger partial charge in [-0.05, 0) is 54.6 Å². The van der Waals surface area contributed by atoms with E-state index < -0.39 is 17.5 Å². The highest BCUT2D eigenvalue weighted by atomic mass is 19.1. The molecule has 8 rings (SSSR count). The van der Waals surface area contributed by atoms with E-state index in [9.17, 15) is 4.39 Å². The van der Waals surface area contributed by atoms with Crippen LogP contribution >= 0.6 is 0 Å². The van der Waals surface area contributed by atoms with Crippen molar-refractivity contribution in [3.05, 3.63) is 47.5 Å². The molecule has 6 heterocycles. The van der Waals surface area contributed by atoms with Gasteiger partial charge in [-0.1, -0.05) is 38.1 Å². The molecule has 0 radical (unpaired) electrons. The van der Waals surface area contributed by atoms with Gasteiger partial charge in [-0.15, -0.1) is 0 Å². The Morgan fingerprint density at radius 1 is 1.09 bits per heavy atom. The number of aromatic nitrogens is 3. The van der Waals surface area contributed by atoms with E-state index in [2.05, 4.69) is 27.0 Å². The first-order chi connectivity index (χ1) is 21.9. The summed E-state index contributed by atoms with van der Waals surface area (Å²) in [5.74, 6) is -0.212. The summed E-state index contributed by atoms with van der Waals surface area (Å²) in [5.41, 5.74) is 0.656. The lowest BCUT2D eigenvalue weighted by Gasteiger charge is -2.41. The summed E-state index contributed by atoms with van der Waals surface area (Å²) in [4.78, 5) is 18.7. The van der Waals surface area contributed by atoms with Gasteiger partial charge in [-0.25, -0.2) is 18.2 Å². The molecule has 4 aromatic rings. The average molecular weight is 619 g/mol. The van der Waals surface area contributed by atoms with Crippen LogP contribution in [0.5, 0.6) is 11.9 Å². The molecule has 2 aromatic heterocycles. The second-order valence-corrected chi connectivity index (χ2v) is 12.8. The molecule has 0 amide bonds. The van der Waals surface area contributed by atoms with Crippen molar-refractivity contribution in [2.24, 2.45) is 0 Å². The fourth-order valence-corrected chi connectivity index (χ4v) is 8.22. The molecule has 0 unspecified atom stereocenters. The van der Waals surface area contributed by atoms with Crippen LogP contribution in [0.1, 0.15) is 45.1 Å². The van der Waals surface area contributed by atoms with Gasteiger partial charge >= 0.3 is 6.01 Å². The van der Waals surface area contributed by atoms with Gasteiger partial charge in [0.2, 0.25) is 5.88 Å². The predicted molar refractivity (Wildman–Crippen MR) is 167 cm³/mol. The number of pyridine rings is 1. The average Bonchev–Trinajstić information content (AvgIpc) is 3.52. The number of aryl methyl sites for hydroxylation is 1. The molecule has 8 nitrogen and oxygen atoms in total. The summed E-state index contributed by atoms with van der Waals surface area (Å²) in [6, 6.07) is 8.74. The topological polar surface area (TPSA) is 75.6 Å². The number of hydrogen-bond acceptors (Lipinski definition) is 8. The van der Waals surface area contributed by atoms with Crippen LogP contribution in [0.3, 0.4) is 0 Å². The third-order valence-corrected chi connectivity index (χ3v) is 10.4. The van der Waals surface area contributed by atoms with Crippen LogP contribution in [-0.4, -0.2) is 83.0 Å². The van der Waals surface area contributed by atoms with Gasteiger partial charge in [-0.3, -0.25) is 4.90 Å². The summed E-state index contributed by atoms with van der Waals surface area (Å²) in [5, 5.41) is 5.39. The van der Waals surface area contributed by atoms with Crippen LogP contribution in [0.2, 0.25) is 0 Å². The third-order valence-electron chi connectivity index (χ3n) is 10.4. The van der Waals surface area contributed by atoms with Gasteiger partial charge < -0.3 is 19.7 Å². The number of rotatable bonds is 6. The standard InChI is InChI=1S/C34H37F3N6O2/c1-3-21-23(36)10-9-19-7-5-8-22(26(19)21)29-28(37)30-27-31(43-14-12-38-24(4-2)25(43)17-44-32(27)39-29)41-33(40-30)45-18-34-11-6-13-42(34)16-20(35)15-34/h5,7-10,20,24-25,38H,3-4,6,11-18H2,1-2H3/t20-,24+,25-,34+/m1/s1. The Bertz CT molecular complexity index is 1810. The molecule has 236 valence electrons. The van der Waals surface area contributed by atoms with Crippen molar-refractivity contribution in [3.63, 3.8) is 0 Å². The molecule has 2 aromatic carbocycles. The smallest absolute Gasteiger partial charge is 0.319 e. The SMILES string of the molecule is CCc1c(F)ccc2cccc(-c3nc4c5c(nc(OC[C@@]67CCCN6C[C@H](F)C7)nc5c3F)N3CCN[C@@H](CC)[C@H]3CO4)c12. The van der Waals surface area contributed by atoms with Crippen molar-refractivity contribution in [1.29, 1.82) is 0 Å². The molecule has 11 heteroatoms. The number of nitrogens with zero attached hydrogens (tertiary/aromatic N) is 5. The molecule has 4 aliphatic heterocycles. The summed E-state index contributed by atoms with van der Waals surface area (Å²) in [6.07, 6.45) is 2.64. The van der Waals surface area contributed by atoms with Crippen LogP contribution < -0.4 is 19.7 Å². The second kappa shape index (κ2) is 11.0. The lowest BCUT2D eigenvalue weighted by atomic mass is 9.95. The molecular formula is C34H37F3N6O2. The highest BCUT2D eigenvalue weighted by Crippen LogP contribution is 2.44. The maximum atomic E-state index is 17.0. The number of benzene rings is 2. The Balaban J connectivity index is 1.32. The van der Waals surface area contributed by atoms with Gasteiger partial charge in [0.1, 0.15) is 47.6 Å². The molecule has 4 atom stereocenters. The zero-order valence-electron chi connectivity index (χ0n) is 25.6. The van der Waals surface area contributed by atoms with E-state index in [1.165, 1.54) is 6.07 Å². The Labute approximate surface area is 259 Å². The normalized spacial score (nSPS) is 26.2. The van der Waals surface area contributed by atoms with Gasteiger partial charge in [-0.2, -0.15) is 9.97 Å². The zero-order valence-corrected chi connectivity index (χ0v) is 25.6. The molecule has 4 aliphatic rings. The third kappa shape index (κ3) is 4.52. The number of ether oxygens (including phenoxy) is 2. The van der Waals surface area contributed by atoms with Crippen molar-refractivity contribution in [2.45, 2.75) is 69.7 Å². The Kier molecular flexibility index (Phi) is 7.01. The van der Waals surface area contributed by atoms with Crippen molar-refractivity contribution in [3.8, 4) is 23.1 Å². The van der Waals surface area contributed by atoms with Gasteiger partial charge in [0.15, 0.2) is 5.82 Å². The zero-order chi connectivity index (χ0) is 30.9. The van der Waals surface area contributed by atoms with Crippen LogP contribution in [0.25, 0.3) is 32.9 Å². The maximum absolute atomic E-state index is 17.0. The molecule has 3 fully saturated rings. The molecular weight excluding hydrogens is 581 g/mol. The first kappa shape index (κ1) is 28.8. The number of halogens is 3. The summed E-state index contributed by atoms with van der Waals surface area (Å²) < 4.78 is 59.2. The fraction of sp³-hybridized carbons (Fsp3) is 0.500. The number of piperazine rings is 1. The number of hydrogen-bond donors (Lipinski definition) is 1. The monoisotopic (exact) mass is 618 g/mol. The van der Waals surface area contributed by atoms with E-state index in [0.717, 1.165) is 37.7 Å². The Morgan fingerprint density at radius 3 is 2.82 bits per heavy atom. The second-order valence-electron chi connectivity index (χ2n) is 12.8. The molecule has 45 heavy (non-hydrogen) atoms. The van der Waals surface area contributed by atoms with E-state index in [4.69, 9.17) is 19.4 Å². The first-order valence-corrected chi connectivity index (χ1v) is 16.2. The molecule has 0 aliphatic carbocycles. The quantitative estimate of drug-likeness (QED) is 0.300. The van der Waals surface area contributed by atoms with E-state index >= 15 is 8.78 Å². The summed E-state index contributed by atoms with van der Waals surface area (Å²) in [6.45, 7) is 7.18. The Morgan fingerprint density at radius 2 is 1.98 bits per heavy atom. The number of nitrogens with one attached hydrogen (secondary N) is 1. The van der Waals surface area contributed by atoms with E-state index in [1.54, 1.807) is 12.1 Å². The van der Waals surface area contributed by atoms with Crippen LogP contribution in [0.15, 0.2) is 30.3 Å². The highest BCUT2D eigenvalue weighted by Gasteiger charge is 2.49. The molecule has 1 N–H and O–H groups in total.